The van der Waals surface area contributed by atoms with Crippen molar-refractivity contribution >= 4 is 28.1 Å². The van der Waals surface area contributed by atoms with Gasteiger partial charge in [-0.05, 0) is 18.6 Å². The number of nitrogens with one attached hydrogen (secondary N) is 1. The van der Waals surface area contributed by atoms with E-state index in [1.54, 1.807) is 11.3 Å². The molecule has 20 heavy (non-hydrogen) atoms. The molecule has 0 bridgehead atoms. The van der Waals surface area contributed by atoms with Crippen molar-refractivity contribution in [3.8, 4) is 0 Å². The van der Waals surface area contributed by atoms with Crippen LogP contribution in [0.4, 0.5) is 10.8 Å². The van der Waals surface area contributed by atoms with Gasteiger partial charge in [-0.3, -0.25) is 9.78 Å². The summed E-state index contributed by atoms with van der Waals surface area (Å²) in [5.74, 6) is -0.0733. The molecule has 1 aliphatic rings. The number of pyridine rings is 1. The van der Waals surface area contributed by atoms with Crippen molar-refractivity contribution in [1.29, 1.82) is 0 Å². The summed E-state index contributed by atoms with van der Waals surface area (Å²) in [5.41, 5.74) is 3.41. The Labute approximate surface area is 121 Å². The zero-order valence-electron chi connectivity index (χ0n) is 11.5. The fraction of sp³-hybridized carbons (Fsp3) is 0.357. The molecule has 1 amide bonds. The second-order valence-corrected chi connectivity index (χ2v) is 6.05. The number of carbonyl (C=O) groups excluding carboxylic acids is 1. The zero-order valence-corrected chi connectivity index (χ0v) is 12.3. The number of carbonyl (C=O) groups is 1. The first-order chi connectivity index (χ1) is 9.61. The highest BCUT2D eigenvalue weighted by atomic mass is 32.1. The van der Waals surface area contributed by atoms with Crippen LogP contribution in [0.5, 0.6) is 0 Å². The molecule has 3 heterocycles. The summed E-state index contributed by atoms with van der Waals surface area (Å²) in [4.78, 5) is 23.3. The molecule has 5 nitrogen and oxygen atoms in total. The smallest absolute Gasteiger partial charge is 0.223 e. The van der Waals surface area contributed by atoms with Gasteiger partial charge < -0.3 is 10.2 Å². The van der Waals surface area contributed by atoms with Crippen LogP contribution in [0.15, 0.2) is 18.5 Å². The molecule has 104 valence electrons. The molecule has 0 aromatic carbocycles. The molecule has 0 atom stereocenters. The summed E-state index contributed by atoms with van der Waals surface area (Å²) in [7, 11) is 0. The van der Waals surface area contributed by atoms with Crippen molar-refractivity contribution < 1.29 is 4.79 Å². The third-order valence-electron chi connectivity index (χ3n) is 3.24. The van der Waals surface area contributed by atoms with Gasteiger partial charge in [0.2, 0.25) is 5.91 Å². The predicted octanol–water partition coefficient (Wildman–Crippen LogP) is 2.37. The van der Waals surface area contributed by atoms with Gasteiger partial charge in [0.05, 0.1) is 24.1 Å². The van der Waals surface area contributed by atoms with Crippen LogP contribution in [0.2, 0.25) is 0 Å². The maximum atomic E-state index is 11.1. The number of thiazole rings is 1. The lowest BCUT2D eigenvalue weighted by Gasteiger charge is -2.27. The highest BCUT2D eigenvalue weighted by Crippen LogP contribution is 2.30. The van der Waals surface area contributed by atoms with Gasteiger partial charge in [0.25, 0.3) is 0 Å². The predicted molar refractivity (Wildman–Crippen MR) is 80.1 cm³/mol. The molecule has 1 N–H and O–H groups in total. The van der Waals surface area contributed by atoms with E-state index in [2.05, 4.69) is 26.3 Å². The van der Waals surface area contributed by atoms with E-state index in [1.807, 2.05) is 19.3 Å². The van der Waals surface area contributed by atoms with Crippen molar-refractivity contribution in [1.82, 2.24) is 9.97 Å². The molecule has 0 radical (unpaired) electrons. The van der Waals surface area contributed by atoms with Crippen molar-refractivity contribution in [2.24, 2.45) is 0 Å². The van der Waals surface area contributed by atoms with Crippen molar-refractivity contribution in [2.75, 3.05) is 16.8 Å². The van der Waals surface area contributed by atoms with Crippen LogP contribution in [0, 0.1) is 6.92 Å². The monoisotopic (exact) mass is 288 g/mol. The first kappa shape index (κ1) is 13.1. The molecule has 0 fully saturated rings. The van der Waals surface area contributed by atoms with Gasteiger partial charge in [-0.1, -0.05) is 11.3 Å². The van der Waals surface area contributed by atoms with Gasteiger partial charge in [0, 0.05) is 31.0 Å². The number of aromatic nitrogens is 2. The second kappa shape index (κ2) is 5.20. The molecule has 0 saturated carbocycles. The minimum atomic E-state index is -0.0733. The number of aryl methyl sites for hydroxylation is 1. The topological polar surface area (TPSA) is 58.1 Å². The number of hydrogen-bond acceptors (Lipinski definition) is 5. The molecule has 0 aliphatic carbocycles. The molecule has 0 saturated heterocycles. The number of rotatable bonds is 2. The molecular weight excluding hydrogens is 272 g/mol. The fourth-order valence-corrected chi connectivity index (χ4v) is 3.40. The Hall–Kier alpha value is -1.95. The van der Waals surface area contributed by atoms with E-state index in [0.29, 0.717) is 5.13 Å². The minimum absolute atomic E-state index is 0.0733. The summed E-state index contributed by atoms with van der Waals surface area (Å²) in [6.07, 6.45) is 4.66. The van der Waals surface area contributed by atoms with Crippen molar-refractivity contribution in [2.45, 2.75) is 26.8 Å². The van der Waals surface area contributed by atoms with Crippen LogP contribution in [-0.2, 0) is 17.8 Å². The van der Waals surface area contributed by atoms with E-state index in [0.717, 1.165) is 36.5 Å². The quantitative estimate of drug-likeness (QED) is 0.921. The standard InChI is InChI=1S/C14H16N4OS/c1-9-5-11(7-15-6-9)18-4-3-12-13(8-18)20-14(17-12)16-10(2)19/h5-7H,3-4,8H2,1-2H3,(H,16,17,19). The number of fused-ring (bicyclic) bond motifs is 1. The van der Waals surface area contributed by atoms with Gasteiger partial charge in [-0.25, -0.2) is 4.98 Å². The Morgan fingerprint density at radius 2 is 2.30 bits per heavy atom. The Bertz CT molecular complexity index is 652. The normalized spacial score (nSPS) is 14.0. The number of hydrogen-bond donors (Lipinski definition) is 1. The lowest BCUT2D eigenvalue weighted by molar-refractivity contribution is -0.114. The minimum Gasteiger partial charge on any atom is -0.365 e. The van der Waals surface area contributed by atoms with E-state index < -0.39 is 0 Å². The zero-order chi connectivity index (χ0) is 14.1. The maximum absolute atomic E-state index is 11.1. The maximum Gasteiger partial charge on any atom is 0.223 e. The Morgan fingerprint density at radius 1 is 1.45 bits per heavy atom. The van der Waals surface area contributed by atoms with Crippen LogP contribution < -0.4 is 10.2 Å². The first-order valence-electron chi connectivity index (χ1n) is 6.54. The third kappa shape index (κ3) is 2.65. The van der Waals surface area contributed by atoms with E-state index in [4.69, 9.17) is 0 Å². The van der Waals surface area contributed by atoms with Gasteiger partial charge >= 0.3 is 0 Å². The highest BCUT2D eigenvalue weighted by Gasteiger charge is 2.21. The lowest BCUT2D eigenvalue weighted by atomic mass is 10.1. The summed E-state index contributed by atoms with van der Waals surface area (Å²) in [5, 5.41) is 3.46. The van der Waals surface area contributed by atoms with Crippen LogP contribution in [-0.4, -0.2) is 22.4 Å². The van der Waals surface area contributed by atoms with Gasteiger partial charge in [0.1, 0.15) is 0 Å². The summed E-state index contributed by atoms with van der Waals surface area (Å²) >= 11 is 1.56. The molecule has 2 aromatic heterocycles. The molecule has 3 rings (SSSR count). The van der Waals surface area contributed by atoms with Crippen molar-refractivity contribution in [3.63, 3.8) is 0 Å². The van der Waals surface area contributed by atoms with Crippen LogP contribution in [0.1, 0.15) is 23.1 Å². The largest absolute Gasteiger partial charge is 0.365 e. The van der Waals surface area contributed by atoms with E-state index in [1.165, 1.54) is 11.8 Å². The molecule has 0 unspecified atom stereocenters. The van der Waals surface area contributed by atoms with Crippen LogP contribution >= 0.6 is 11.3 Å². The molecule has 2 aromatic rings. The second-order valence-electron chi connectivity index (χ2n) is 4.96. The van der Waals surface area contributed by atoms with E-state index >= 15 is 0 Å². The van der Waals surface area contributed by atoms with Gasteiger partial charge in [0.15, 0.2) is 5.13 Å². The Balaban J connectivity index is 1.81. The molecule has 1 aliphatic heterocycles. The Morgan fingerprint density at radius 3 is 3.05 bits per heavy atom. The average Bonchev–Trinajstić information content (AvgIpc) is 2.78. The van der Waals surface area contributed by atoms with Gasteiger partial charge in [-0.15, -0.1) is 0 Å². The van der Waals surface area contributed by atoms with Crippen molar-refractivity contribution in [3.05, 3.63) is 34.6 Å². The Kier molecular flexibility index (Phi) is 3.40. The molecule has 6 heteroatoms. The molecule has 0 spiro atoms. The van der Waals surface area contributed by atoms with E-state index in [-0.39, 0.29) is 5.91 Å². The van der Waals surface area contributed by atoms with Crippen LogP contribution in [0.25, 0.3) is 0 Å². The molecular formula is C14H16N4OS. The van der Waals surface area contributed by atoms with E-state index in [9.17, 15) is 4.79 Å². The number of anilines is 2. The lowest BCUT2D eigenvalue weighted by Crippen LogP contribution is -2.29. The highest BCUT2D eigenvalue weighted by molar-refractivity contribution is 7.15. The summed E-state index contributed by atoms with van der Waals surface area (Å²) in [6, 6.07) is 2.15. The SMILES string of the molecule is CC(=O)Nc1nc2c(s1)CN(c1cncc(C)c1)CC2. The fourth-order valence-electron chi connectivity index (χ4n) is 2.33. The third-order valence-corrected chi connectivity index (χ3v) is 4.24. The van der Waals surface area contributed by atoms with Crippen LogP contribution in [0.3, 0.4) is 0 Å². The van der Waals surface area contributed by atoms with Gasteiger partial charge in [-0.2, -0.15) is 0 Å². The summed E-state index contributed by atoms with van der Waals surface area (Å²) < 4.78 is 0. The average molecular weight is 288 g/mol. The number of amides is 1. The summed E-state index contributed by atoms with van der Waals surface area (Å²) in [6.45, 7) is 5.32. The number of nitrogens with zero attached hydrogens (tertiary/aromatic N) is 3. The first-order valence-corrected chi connectivity index (χ1v) is 7.36.